The number of carbonyl (C=O) groups excluding carboxylic acids is 1. The van der Waals surface area contributed by atoms with E-state index in [2.05, 4.69) is 13.8 Å². The van der Waals surface area contributed by atoms with Crippen molar-refractivity contribution < 1.29 is 13.2 Å². The SMILES string of the molecule is CCC(C)(C)C(=O)N1CCN(S(=O)(=O)c2ccc(C(C)C)cc2)CC1. The van der Waals surface area contributed by atoms with Gasteiger partial charge in [0.2, 0.25) is 15.9 Å². The number of hydrogen-bond acceptors (Lipinski definition) is 3. The molecule has 25 heavy (non-hydrogen) atoms. The lowest BCUT2D eigenvalue weighted by atomic mass is 9.88. The van der Waals surface area contributed by atoms with Gasteiger partial charge in [-0.1, -0.05) is 46.8 Å². The lowest BCUT2D eigenvalue weighted by Gasteiger charge is -2.37. The summed E-state index contributed by atoms with van der Waals surface area (Å²) in [6.07, 6.45) is 0.770. The molecule has 0 aromatic heterocycles. The van der Waals surface area contributed by atoms with Crippen LogP contribution in [0.3, 0.4) is 0 Å². The first-order valence-electron chi connectivity index (χ1n) is 8.99. The van der Waals surface area contributed by atoms with Crippen LogP contribution < -0.4 is 0 Å². The molecule has 1 fully saturated rings. The van der Waals surface area contributed by atoms with Crippen LogP contribution >= 0.6 is 0 Å². The Morgan fingerprint density at radius 2 is 1.60 bits per heavy atom. The predicted octanol–water partition coefficient (Wildman–Crippen LogP) is 3.08. The van der Waals surface area contributed by atoms with Gasteiger partial charge in [-0.3, -0.25) is 4.79 Å². The van der Waals surface area contributed by atoms with Crippen LogP contribution in [-0.4, -0.2) is 49.7 Å². The summed E-state index contributed by atoms with van der Waals surface area (Å²) in [5.41, 5.74) is 0.726. The maximum absolute atomic E-state index is 12.8. The summed E-state index contributed by atoms with van der Waals surface area (Å²) in [6.45, 7) is 11.6. The molecule has 1 aliphatic rings. The Hall–Kier alpha value is -1.40. The number of nitrogens with zero attached hydrogens (tertiary/aromatic N) is 2. The fourth-order valence-electron chi connectivity index (χ4n) is 2.88. The minimum atomic E-state index is -3.50. The average molecular weight is 367 g/mol. The van der Waals surface area contributed by atoms with Crippen LogP contribution in [0.1, 0.15) is 52.5 Å². The van der Waals surface area contributed by atoms with Crippen LogP contribution in [0, 0.1) is 5.41 Å². The monoisotopic (exact) mass is 366 g/mol. The first-order valence-corrected chi connectivity index (χ1v) is 10.4. The average Bonchev–Trinajstić information content (AvgIpc) is 2.61. The summed E-state index contributed by atoms with van der Waals surface area (Å²) in [5, 5.41) is 0. The number of sulfonamides is 1. The summed E-state index contributed by atoms with van der Waals surface area (Å²) in [6, 6.07) is 7.12. The summed E-state index contributed by atoms with van der Waals surface area (Å²) in [5.74, 6) is 0.474. The normalized spacial score (nSPS) is 17.1. The highest BCUT2D eigenvalue weighted by Gasteiger charge is 2.35. The Bertz CT molecular complexity index is 701. The van der Waals surface area contributed by atoms with E-state index in [1.165, 1.54) is 4.31 Å². The minimum Gasteiger partial charge on any atom is -0.340 e. The van der Waals surface area contributed by atoms with Crippen molar-refractivity contribution in [1.29, 1.82) is 0 Å². The van der Waals surface area contributed by atoms with Crippen molar-refractivity contribution >= 4 is 15.9 Å². The zero-order chi connectivity index (χ0) is 18.8. The molecule has 0 atom stereocenters. The fourth-order valence-corrected chi connectivity index (χ4v) is 4.31. The molecule has 1 aliphatic heterocycles. The quantitative estimate of drug-likeness (QED) is 0.805. The highest BCUT2D eigenvalue weighted by Crippen LogP contribution is 2.25. The van der Waals surface area contributed by atoms with Crippen LogP contribution in [-0.2, 0) is 14.8 Å². The molecule has 1 amide bonds. The molecule has 0 N–H and O–H groups in total. The number of rotatable bonds is 5. The van der Waals surface area contributed by atoms with Crippen molar-refractivity contribution in [2.24, 2.45) is 5.41 Å². The van der Waals surface area contributed by atoms with Crippen LogP contribution in [0.5, 0.6) is 0 Å². The van der Waals surface area contributed by atoms with Gasteiger partial charge in [0.25, 0.3) is 0 Å². The Balaban J connectivity index is 2.07. The molecule has 1 heterocycles. The third kappa shape index (κ3) is 4.23. The second kappa shape index (κ2) is 7.46. The van der Waals surface area contributed by atoms with E-state index < -0.39 is 15.4 Å². The van der Waals surface area contributed by atoms with Gasteiger partial charge in [0.05, 0.1) is 4.90 Å². The van der Waals surface area contributed by atoms with Crippen molar-refractivity contribution in [3.8, 4) is 0 Å². The van der Waals surface area contributed by atoms with Crippen molar-refractivity contribution in [3.63, 3.8) is 0 Å². The van der Waals surface area contributed by atoms with Crippen molar-refractivity contribution in [1.82, 2.24) is 9.21 Å². The lowest BCUT2D eigenvalue weighted by molar-refractivity contribution is -0.141. The van der Waals surface area contributed by atoms with Crippen molar-refractivity contribution in [2.75, 3.05) is 26.2 Å². The summed E-state index contributed by atoms with van der Waals surface area (Å²) >= 11 is 0. The lowest BCUT2D eigenvalue weighted by Crippen LogP contribution is -2.53. The van der Waals surface area contributed by atoms with E-state index in [4.69, 9.17) is 0 Å². The number of amides is 1. The van der Waals surface area contributed by atoms with E-state index in [1.807, 2.05) is 32.9 Å². The Kier molecular flexibility index (Phi) is 5.94. The Morgan fingerprint density at radius 1 is 1.08 bits per heavy atom. The minimum absolute atomic E-state index is 0.105. The molecule has 1 saturated heterocycles. The molecule has 140 valence electrons. The van der Waals surface area contributed by atoms with Gasteiger partial charge < -0.3 is 4.90 Å². The second-order valence-corrected chi connectivity index (χ2v) is 9.60. The highest BCUT2D eigenvalue weighted by atomic mass is 32.2. The van der Waals surface area contributed by atoms with Gasteiger partial charge in [0, 0.05) is 31.6 Å². The van der Waals surface area contributed by atoms with E-state index in [0.29, 0.717) is 37.0 Å². The smallest absolute Gasteiger partial charge is 0.243 e. The molecule has 5 nitrogen and oxygen atoms in total. The molecular weight excluding hydrogens is 336 g/mol. The molecule has 1 aromatic carbocycles. The van der Waals surface area contributed by atoms with Crippen molar-refractivity contribution in [3.05, 3.63) is 29.8 Å². The molecule has 2 rings (SSSR count). The molecule has 0 radical (unpaired) electrons. The molecule has 1 aromatic rings. The van der Waals surface area contributed by atoms with Gasteiger partial charge in [-0.15, -0.1) is 0 Å². The van der Waals surface area contributed by atoms with E-state index in [1.54, 1.807) is 17.0 Å². The van der Waals surface area contributed by atoms with E-state index in [-0.39, 0.29) is 5.91 Å². The van der Waals surface area contributed by atoms with Gasteiger partial charge in [-0.2, -0.15) is 4.31 Å². The Labute approximate surface area is 152 Å². The van der Waals surface area contributed by atoms with Gasteiger partial charge in [-0.25, -0.2) is 8.42 Å². The van der Waals surface area contributed by atoms with Crippen LogP contribution in [0.2, 0.25) is 0 Å². The first kappa shape index (κ1) is 19.9. The number of piperazine rings is 1. The molecular formula is C19H30N2O3S. The third-order valence-electron chi connectivity index (χ3n) is 5.17. The molecule has 6 heteroatoms. The second-order valence-electron chi connectivity index (χ2n) is 7.66. The number of carbonyl (C=O) groups is 1. The van der Waals surface area contributed by atoms with Gasteiger partial charge in [0.1, 0.15) is 0 Å². The highest BCUT2D eigenvalue weighted by molar-refractivity contribution is 7.89. The van der Waals surface area contributed by atoms with Gasteiger partial charge in [0.15, 0.2) is 0 Å². The van der Waals surface area contributed by atoms with E-state index in [0.717, 1.165) is 12.0 Å². The zero-order valence-corrected chi connectivity index (χ0v) is 16.8. The largest absolute Gasteiger partial charge is 0.340 e. The summed E-state index contributed by atoms with van der Waals surface area (Å²) < 4.78 is 27.1. The van der Waals surface area contributed by atoms with E-state index in [9.17, 15) is 13.2 Å². The number of hydrogen-bond donors (Lipinski definition) is 0. The van der Waals surface area contributed by atoms with Gasteiger partial charge >= 0.3 is 0 Å². The first-order chi connectivity index (χ1) is 11.6. The van der Waals surface area contributed by atoms with Gasteiger partial charge in [-0.05, 0) is 30.0 Å². The number of benzene rings is 1. The van der Waals surface area contributed by atoms with Crippen molar-refractivity contribution in [2.45, 2.75) is 51.9 Å². The maximum Gasteiger partial charge on any atom is 0.243 e. The third-order valence-corrected chi connectivity index (χ3v) is 7.09. The topological polar surface area (TPSA) is 57.7 Å². The Morgan fingerprint density at radius 3 is 2.04 bits per heavy atom. The summed E-state index contributed by atoms with van der Waals surface area (Å²) in [7, 11) is -3.50. The maximum atomic E-state index is 12.8. The molecule has 0 bridgehead atoms. The standard InChI is InChI=1S/C19H30N2O3S/c1-6-19(4,5)18(22)20-11-13-21(14-12-20)25(23,24)17-9-7-16(8-10-17)15(2)3/h7-10,15H,6,11-14H2,1-5H3. The van der Waals surface area contributed by atoms with Crippen LogP contribution in [0.25, 0.3) is 0 Å². The summed E-state index contributed by atoms with van der Waals surface area (Å²) in [4.78, 5) is 14.7. The van der Waals surface area contributed by atoms with Crippen LogP contribution in [0.15, 0.2) is 29.2 Å². The van der Waals surface area contributed by atoms with Crippen LogP contribution in [0.4, 0.5) is 0 Å². The zero-order valence-electron chi connectivity index (χ0n) is 15.9. The fraction of sp³-hybridized carbons (Fsp3) is 0.632. The van der Waals surface area contributed by atoms with E-state index >= 15 is 0 Å². The molecule has 0 spiro atoms. The molecule has 0 saturated carbocycles. The molecule has 0 aliphatic carbocycles. The predicted molar refractivity (Wildman–Crippen MR) is 99.9 cm³/mol. The molecule has 0 unspecified atom stereocenters.